The second-order valence-corrected chi connectivity index (χ2v) is 8.89. The normalized spacial score (nSPS) is 12.2. The third-order valence-corrected chi connectivity index (χ3v) is 6.09. The Morgan fingerprint density at radius 1 is 0.967 bits per heavy atom. The number of hydrogen-bond acceptors (Lipinski definition) is 3. The zero-order valence-corrected chi connectivity index (χ0v) is 17.7. The van der Waals surface area contributed by atoms with Crippen LogP contribution >= 0.6 is 11.6 Å². The molecule has 0 fully saturated rings. The van der Waals surface area contributed by atoms with Crippen molar-refractivity contribution >= 4 is 33.2 Å². The Bertz CT molecular complexity index is 1120. The second kappa shape index (κ2) is 9.28. The monoisotopic (exact) mass is 446 g/mol. The van der Waals surface area contributed by atoms with Crippen LogP contribution in [0.25, 0.3) is 0 Å². The molecule has 3 aromatic carbocycles. The lowest BCUT2D eigenvalue weighted by atomic mass is 10.1. The van der Waals surface area contributed by atoms with Crippen molar-refractivity contribution in [1.29, 1.82) is 0 Å². The van der Waals surface area contributed by atoms with Crippen molar-refractivity contribution in [3.63, 3.8) is 0 Å². The molecule has 0 unspecified atom stereocenters. The second-order valence-electron chi connectivity index (χ2n) is 6.77. The summed E-state index contributed by atoms with van der Waals surface area (Å²) in [4.78, 5) is 12.3. The van der Waals surface area contributed by atoms with Crippen molar-refractivity contribution in [3.8, 4) is 0 Å². The highest BCUT2D eigenvalue weighted by Crippen LogP contribution is 2.18. The first-order valence-electron chi connectivity index (χ1n) is 9.15. The van der Waals surface area contributed by atoms with Gasteiger partial charge in [-0.2, -0.15) is 0 Å². The molecule has 0 spiro atoms. The largest absolute Gasteiger partial charge is 0.349 e. The molecular weight excluding hydrogens is 427 g/mol. The van der Waals surface area contributed by atoms with Crippen LogP contribution in [0.4, 0.5) is 10.1 Å². The molecule has 1 atom stereocenters. The fourth-order valence-corrected chi connectivity index (χ4v) is 4.02. The zero-order valence-electron chi connectivity index (χ0n) is 16.1. The summed E-state index contributed by atoms with van der Waals surface area (Å²) in [7, 11) is -3.82. The Morgan fingerprint density at radius 2 is 1.57 bits per heavy atom. The molecule has 0 bridgehead atoms. The number of carbonyl (C=O) groups is 1. The molecule has 0 aliphatic carbocycles. The highest BCUT2D eigenvalue weighted by molar-refractivity contribution is 7.92. The van der Waals surface area contributed by atoms with Crippen LogP contribution < -0.4 is 10.0 Å². The van der Waals surface area contributed by atoms with Gasteiger partial charge >= 0.3 is 0 Å². The molecule has 30 heavy (non-hydrogen) atoms. The van der Waals surface area contributed by atoms with E-state index in [1.807, 2.05) is 19.1 Å². The number of halogens is 2. The minimum absolute atomic E-state index is 0.0384. The average Bonchev–Trinajstić information content (AvgIpc) is 2.70. The number of nitrogens with one attached hydrogen (secondary N) is 2. The van der Waals surface area contributed by atoms with E-state index in [1.165, 1.54) is 12.1 Å². The number of sulfonamides is 1. The lowest BCUT2D eigenvalue weighted by molar-refractivity contribution is -0.121. The molecule has 5 nitrogen and oxygen atoms in total. The number of amides is 1. The Kier molecular flexibility index (Phi) is 6.74. The van der Waals surface area contributed by atoms with Gasteiger partial charge in [-0.25, -0.2) is 12.8 Å². The Balaban J connectivity index is 1.59. The van der Waals surface area contributed by atoms with Gasteiger partial charge in [0.15, 0.2) is 0 Å². The van der Waals surface area contributed by atoms with Crippen molar-refractivity contribution in [2.24, 2.45) is 0 Å². The molecule has 1 amide bonds. The van der Waals surface area contributed by atoms with Crippen LogP contribution in [0.15, 0.2) is 77.7 Å². The van der Waals surface area contributed by atoms with Gasteiger partial charge in [-0.15, -0.1) is 0 Å². The molecule has 0 heterocycles. The van der Waals surface area contributed by atoms with Gasteiger partial charge in [-0.1, -0.05) is 35.9 Å². The number of carbonyl (C=O) groups excluding carboxylic acids is 1. The average molecular weight is 447 g/mol. The molecular formula is C22H20ClFN2O3S. The van der Waals surface area contributed by atoms with E-state index in [-0.39, 0.29) is 23.3 Å². The van der Waals surface area contributed by atoms with E-state index in [0.29, 0.717) is 10.7 Å². The van der Waals surface area contributed by atoms with Crippen LogP contribution in [0.1, 0.15) is 24.1 Å². The quantitative estimate of drug-likeness (QED) is 0.552. The molecule has 0 saturated carbocycles. The molecule has 0 saturated heterocycles. The van der Waals surface area contributed by atoms with Crippen molar-refractivity contribution in [1.82, 2.24) is 5.32 Å². The third-order valence-electron chi connectivity index (χ3n) is 4.44. The van der Waals surface area contributed by atoms with Gasteiger partial charge in [0.1, 0.15) is 5.82 Å². The molecule has 8 heteroatoms. The molecule has 156 valence electrons. The van der Waals surface area contributed by atoms with Gasteiger partial charge in [0.05, 0.1) is 17.4 Å². The maximum absolute atomic E-state index is 13.0. The van der Waals surface area contributed by atoms with Crippen LogP contribution in [0.2, 0.25) is 5.02 Å². The van der Waals surface area contributed by atoms with Crippen LogP contribution in [-0.2, 0) is 21.2 Å². The van der Waals surface area contributed by atoms with Crippen LogP contribution in [0, 0.1) is 5.82 Å². The fourth-order valence-electron chi connectivity index (χ4n) is 2.83. The van der Waals surface area contributed by atoms with E-state index < -0.39 is 15.8 Å². The molecule has 0 aliphatic rings. The summed E-state index contributed by atoms with van der Waals surface area (Å²) in [5.41, 5.74) is 2.02. The molecule has 3 rings (SSSR count). The van der Waals surface area contributed by atoms with E-state index >= 15 is 0 Å². The van der Waals surface area contributed by atoms with Crippen LogP contribution in [0.5, 0.6) is 0 Å². The van der Waals surface area contributed by atoms with E-state index in [2.05, 4.69) is 10.0 Å². The van der Waals surface area contributed by atoms with Gasteiger partial charge in [0.25, 0.3) is 10.0 Å². The summed E-state index contributed by atoms with van der Waals surface area (Å²) in [6, 6.07) is 18.1. The summed E-state index contributed by atoms with van der Waals surface area (Å²) in [6.45, 7) is 1.88. The van der Waals surface area contributed by atoms with E-state index in [9.17, 15) is 17.6 Å². The molecule has 3 aromatic rings. The summed E-state index contributed by atoms with van der Waals surface area (Å²) < 4.78 is 40.1. The lowest BCUT2D eigenvalue weighted by Gasteiger charge is -2.15. The Hall–Kier alpha value is -2.90. The third kappa shape index (κ3) is 5.81. The van der Waals surface area contributed by atoms with Crippen molar-refractivity contribution in [2.45, 2.75) is 24.3 Å². The predicted molar refractivity (Wildman–Crippen MR) is 115 cm³/mol. The molecule has 0 aromatic heterocycles. The highest BCUT2D eigenvalue weighted by Gasteiger charge is 2.15. The summed E-state index contributed by atoms with van der Waals surface area (Å²) in [5.74, 6) is -0.668. The summed E-state index contributed by atoms with van der Waals surface area (Å²) in [6.07, 6.45) is 0.156. The van der Waals surface area contributed by atoms with E-state index in [1.54, 1.807) is 36.4 Å². The van der Waals surface area contributed by atoms with Gasteiger partial charge in [-0.05, 0) is 66.6 Å². The van der Waals surface area contributed by atoms with Crippen molar-refractivity contribution in [2.75, 3.05) is 4.72 Å². The summed E-state index contributed by atoms with van der Waals surface area (Å²) in [5, 5.41) is 3.55. The Morgan fingerprint density at radius 3 is 2.17 bits per heavy atom. The zero-order chi connectivity index (χ0) is 21.7. The van der Waals surface area contributed by atoms with Crippen molar-refractivity contribution in [3.05, 3.63) is 94.8 Å². The van der Waals surface area contributed by atoms with E-state index in [4.69, 9.17) is 11.6 Å². The smallest absolute Gasteiger partial charge is 0.261 e. The minimum Gasteiger partial charge on any atom is -0.349 e. The standard InChI is InChI=1S/C22H20ClFN2O3S/c1-15(17-4-6-18(23)7-5-17)25-22(27)14-16-2-10-20(11-3-16)26-30(28,29)21-12-8-19(24)9-13-21/h2-13,15,26H,14H2,1H3,(H,25,27)/t15-/m0/s1. The Labute approximate surface area is 179 Å². The van der Waals surface area contributed by atoms with Crippen molar-refractivity contribution < 1.29 is 17.6 Å². The molecule has 0 aliphatic heterocycles. The first-order chi connectivity index (χ1) is 14.2. The van der Waals surface area contributed by atoms with Crippen LogP contribution in [-0.4, -0.2) is 14.3 Å². The molecule has 2 N–H and O–H groups in total. The summed E-state index contributed by atoms with van der Waals surface area (Å²) >= 11 is 5.88. The molecule has 0 radical (unpaired) electrons. The van der Waals surface area contributed by atoms with Crippen LogP contribution in [0.3, 0.4) is 0 Å². The highest BCUT2D eigenvalue weighted by atomic mass is 35.5. The maximum Gasteiger partial charge on any atom is 0.261 e. The van der Waals surface area contributed by atoms with Gasteiger partial charge in [-0.3, -0.25) is 9.52 Å². The minimum atomic E-state index is -3.82. The first kappa shape index (κ1) is 21.8. The lowest BCUT2D eigenvalue weighted by Crippen LogP contribution is -2.28. The topological polar surface area (TPSA) is 75.3 Å². The maximum atomic E-state index is 13.0. The first-order valence-corrected chi connectivity index (χ1v) is 11.0. The van der Waals surface area contributed by atoms with Gasteiger partial charge < -0.3 is 5.32 Å². The predicted octanol–water partition coefficient (Wildman–Crippen LogP) is 4.70. The number of anilines is 1. The van der Waals surface area contributed by atoms with Gasteiger partial charge in [0, 0.05) is 10.7 Å². The number of hydrogen-bond donors (Lipinski definition) is 2. The van der Waals surface area contributed by atoms with Gasteiger partial charge in [0.2, 0.25) is 5.91 Å². The fraction of sp³-hybridized carbons (Fsp3) is 0.136. The SMILES string of the molecule is C[C@H](NC(=O)Cc1ccc(NS(=O)(=O)c2ccc(F)cc2)cc1)c1ccc(Cl)cc1. The van der Waals surface area contributed by atoms with E-state index in [0.717, 1.165) is 23.3 Å². The number of benzene rings is 3. The number of rotatable bonds is 7.